The SMILES string of the molecule is c1cc(-n2ccc3cccnc32)cc(-n2c3ccccc3c3ccc(-n4ncc5ccccc54)nc32)c1. The molecule has 0 atom stereocenters. The fraction of sp³-hybridized carbons (Fsp3) is 0. The summed E-state index contributed by atoms with van der Waals surface area (Å²) in [5.74, 6) is 0.787. The Morgan fingerprint density at radius 3 is 2.41 bits per heavy atom. The average molecular weight is 477 g/mol. The minimum Gasteiger partial charge on any atom is -0.301 e. The van der Waals surface area contributed by atoms with Crippen molar-refractivity contribution in [3.8, 4) is 17.2 Å². The molecule has 0 bridgehead atoms. The van der Waals surface area contributed by atoms with Gasteiger partial charge < -0.3 is 4.57 Å². The van der Waals surface area contributed by atoms with E-state index >= 15 is 0 Å². The standard InChI is InChI=1S/C31H20N6/c1-3-12-27-22(7-1)20-33-37(27)29-15-14-26-25-11-2-4-13-28(25)36(31(26)34-29)24-10-5-9-23(19-24)35-18-16-21-8-6-17-32-30(21)35/h1-20H. The number of aromatic nitrogens is 6. The van der Waals surface area contributed by atoms with Crippen molar-refractivity contribution in [1.82, 2.24) is 28.9 Å². The summed E-state index contributed by atoms with van der Waals surface area (Å²) >= 11 is 0. The minimum absolute atomic E-state index is 0.787. The van der Waals surface area contributed by atoms with Gasteiger partial charge in [-0.15, -0.1) is 0 Å². The summed E-state index contributed by atoms with van der Waals surface area (Å²) < 4.78 is 6.27. The minimum atomic E-state index is 0.787. The van der Waals surface area contributed by atoms with Gasteiger partial charge in [-0.2, -0.15) is 5.10 Å². The molecule has 0 radical (unpaired) electrons. The molecule has 8 rings (SSSR count). The van der Waals surface area contributed by atoms with Gasteiger partial charge in [0.1, 0.15) is 11.3 Å². The number of benzene rings is 3. The Balaban J connectivity index is 1.38. The topological polar surface area (TPSA) is 53.5 Å². The van der Waals surface area contributed by atoms with E-state index in [0.29, 0.717) is 0 Å². The molecule has 174 valence electrons. The van der Waals surface area contributed by atoms with Crippen LogP contribution in [-0.2, 0) is 0 Å². The summed E-state index contributed by atoms with van der Waals surface area (Å²) in [4.78, 5) is 9.78. The highest BCUT2D eigenvalue weighted by Crippen LogP contribution is 2.33. The summed E-state index contributed by atoms with van der Waals surface area (Å²) in [5.41, 5.74) is 6.06. The Labute approximate surface area is 211 Å². The first kappa shape index (κ1) is 20.0. The lowest BCUT2D eigenvalue weighted by Gasteiger charge is -2.11. The Morgan fingerprint density at radius 1 is 0.595 bits per heavy atom. The van der Waals surface area contributed by atoms with E-state index in [4.69, 9.17) is 4.98 Å². The summed E-state index contributed by atoms with van der Waals surface area (Å²) in [7, 11) is 0. The number of para-hydroxylation sites is 2. The van der Waals surface area contributed by atoms with E-state index in [1.54, 1.807) is 0 Å². The van der Waals surface area contributed by atoms with E-state index in [2.05, 4.69) is 104 Å². The Morgan fingerprint density at radius 2 is 1.43 bits per heavy atom. The van der Waals surface area contributed by atoms with Crippen molar-refractivity contribution < 1.29 is 0 Å². The van der Waals surface area contributed by atoms with Gasteiger partial charge >= 0.3 is 0 Å². The average Bonchev–Trinajstić information content (AvgIpc) is 3.66. The van der Waals surface area contributed by atoms with Gasteiger partial charge in [-0.3, -0.25) is 4.57 Å². The number of hydrogen-bond acceptors (Lipinski definition) is 3. The third-order valence-electron chi connectivity index (χ3n) is 7.02. The van der Waals surface area contributed by atoms with Crippen LogP contribution in [0.15, 0.2) is 122 Å². The van der Waals surface area contributed by atoms with Gasteiger partial charge in [0.2, 0.25) is 0 Å². The molecular formula is C31H20N6. The first-order chi connectivity index (χ1) is 18.3. The number of pyridine rings is 2. The van der Waals surface area contributed by atoms with Gasteiger partial charge in [0.15, 0.2) is 5.82 Å². The number of hydrogen-bond donors (Lipinski definition) is 0. The van der Waals surface area contributed by atoms with Gasteiger partial charge in [0.25, 0.3) is 0 Å². The molecule has 5 heterocycles. The summed E-state index contributed by atoms with van der Waals surface area (Å²) in [6, 6.07) is 35.5. The van der Waals surface area contributed by atoms with Crippen LogP contribution >= 0.6 is 0 Å². The van der Waals surface area contributed by atoms with Crippen molar-refractivity contribution in [2.75, 3.05) is 0 Å². The van der Waals surface area contributed by atoms with Crippen LogP contribution in [0.2, 0.25) is 0 Å². The first-order valence-corrected chi connectivity index (χ1v) is 12.2. The maximum atomic E-state index is 5.17. The van der Waals surface area contributed by atoms with Gasteiger partial charge in [-0.25, -0.2) is 14.6 Å². The molecule has 0 fully saturated rings. The predicted molar refractivity (Wildman–Crippen MR) is 148 cm³/mol. The molecule has 0 saturated heterocycles. The molecular weight excluding hydrogens is 456 g/mol. The fourth-order valence-electron chi connectivity index (χ4n) is 5.32. The molecule has 0 amide bonds. The van der Waals surface area contributed by atoms with Crippen molar-refractivity contribution in [2.24, 2.45) is 0 Å². The van der Waals surface area contributed by atoms with E-state index < -0.39 is 0 Å². The van der Waals surface area contributed by atoms with Crippen LogP contribution in [0.1, 0.15) is 0 Å². The molecule has 6 nitrogen and oxygen atoms in total. The lowest BCUT2D eigenvalue weighted by molar-refractivity contribution is 0.877. The normalized spacial score (nSPS) is 11.8. The quantitative estimate of drug-likeness (QED) is 0.280. The Bertz CT molecular complexity index is 2110. The maximum Gasteiger partial charge on any atom is 0.156 e. The Kier molecular flexibility index (Phi) is 4.13. The van der Waals surface area contributed by atoms with E-state index in [0.717, 1.165) is 55.7 Å². The number of nitrogens with zero attached hydrogens (tertiary/aromatic N) is 6. The van der Waals surface area contributed by atoms with Gasteiger partial charge in [-0.1, -0.05) is 42.5 Å². The van der Waals surface area contributed by atoms with Crippen LogP contribution in [0.4, 0.5) is 0 Å². The van der Waals surface area contributed by atoms with Crippen molar-refractivity contribution in [3.05, 3.63) is 122 Å². The van der Waals surface area contributed by atoms with Crippen molar-refractivity contribution >= 4 is 43.9 Å². The first-order valence-electron chi connectivity index (χ1n) is 12.2. The molecule has 0 aliphatic rings. The largest absolute Gasteiger partial charge is 0.301 e. The van der Waals surface area contributed by atoms with Gasteiger partial charge in [0.05, 0.1) is 17.2 Å². The zero-order valence-electron chi connectivity index (χ0n) is 19.7. The third kappa shape index (κ3) is 2.96. The molecule has 5 aromatic heterocycles. The number of fused-ring (bicyclic) bond motifs is 5. The molecule has 37 heavy (non-hydrogen) atoms. The molecule has 0 unspecified atom stereocenters. The maximum absolute atomic E-state index is 5.17. The highest BCUT2D eigenvalue weighted by atomic mass is 15.3. The smallest absolute Gasteiger partial charge is 0.156 e. The van der Waals surface area contributed by atoms with Crippen LogP contribution < -0.4 is 0 Å². The third-order valence-corrected chi connectivity index (χ3v) is 7.02. The van der Waals surface area contributed by atoms with Crippen LogP contribution in [0.3, 0.4) is 0 Å². The molecule has 0 saturated carbocycles. The number of rotatable bonds is 3. The molecule has 3 aromatic carbocycles. The fourth-order valence-corrected chi connectivity index (χ4v) is 5.32. The summed E-state index contributed by atoms with van der Waals surface area (Å²) in [6.45, 7) is 0. The summed E-state index contributed by atoms with van der Waals surface area (Å²) in [6.07, 6.45) is 5.79. The monoisotopic (exact) mass is 476 g/mol. The van der Waals surface area contributed by atoms with Gasteiger partial charge in [0, 0.05) is 45.3 Å². The van der Waals surface area contributed by atoms with Crippen LogP contribution in [0, 0.1) is 0 Å². The molecule has 0 N–H and O–H groups in total. The van der Waals surface area contributed by atoms with E-state index in [1.165, 1.54) is 5.39 Å². The summed E-state index contributed by atoms with van der Waals surface area (Å²) in [5, 5.41) is 9.11. The highest BCUT2D eigenvalue weighted by Gasteiger charge is 2.16. The predicted octanol–water partition coefficient (Wildman–Crippen LogP) is 6.86. The lowest BCUT2D eigenvalue weighted by atomic mass is 10.2. The molecule has 8 aromatic rings. The Hall–Kier alpha value is -5.23. The second kappa shape index (κ2) is 7.63. The molecule has 0 aliphatic heterocycles. The van der Waals surface area contributed by atoms with Crippen LogP contribution in [0.5, 0.6) is 0 Å². The lowest BCUT2D eigenvalue weighted by Crippen LogP contribution is -2.02. The van der Waals surface area contributed by atoms with E-state index in [9.17, 15) is 0 Å². The zero-order valence-corrected chi connectivity index (χ0v) is 19.7. The highest BCUT2D eigenvalue weighted by molar-refractivity contribution is 6.08. The van der Waals surface area contributed by atoms with Crippen LogP contribution in [-0.4, -0.2) is 28.9 Å². The van der Waals surface area contributed by atoms with Crippen LogP contribution in [0.25, 0.3) is 61.1 Å². The van der Waals surface area contributed by atoms with Crippen molar-refractivity contribution in [1.29, 1.82) is 0 Å². The molecule has 0 spiro atoms. The molecule has 0 aliphatic carbocycles. The van der Waals surface area contributed by atoms with E-state index in [1.807, 2.05) is 41.3 Å². The van der Waals surface area contributed by atoms with Crippen molar-refractivity contribution in [2.45, 2.75) is 0 Å². The van der Waals surface area contributed by atoms with E-state index in [-0.39, 0.29) is 0 Å². The van der Waals surface area contributed by atoms with Gasteiger partial charge in [-0.05, 0) is 60.7 Å². The zero-order chi connectivity index (χ0) is 24.3. The second-order valence-corrected chi connectivity index (χ2v) is 9.13. The van der Waals surface area contributed by atoms with Crippen molar-refractivity contribution in [3.63, 3.8) is 0 Å². The molecule has 6 heteroatoms. The second-order valence-electron chi connectivity index (χ2n) is 9.13.